The van der Waals surface area contributed by atoms with Crippen molar-refractivity contribution in [3.05, 3.63) is 22.4 Å². The van der Waals surface area contributed by atoms with E-state index in [2.05, 4.69) is 6.92 Å². The summed E-state index contributed by atoms with van der Waals surface area (Å²) in [6.07, 6.45) is 4.57. The highest BCUT2D eigenvalue weighted by Gasteiger charge is 2.27. The standard InChI is InChI=1S/C13H19NO2S/c1-9-5-2-3-6-10(9)16-13(15)12(14)11-7-4-8-17-11/h4,7-10,12H,2-3,5-6,14H2,1H3. The first-order valence-corrected chi connectivity index (χ1v) is 7.06. The van der Waals surface area contributed by atoms with Crippen LogP contribution in [0.1, 0.15) is 43.5 Å². The molecule has 1 aromatic heterocycles. The van der Waals surface area contributed by atoms with Crippen LogP contribution in [0.25, 0.3) is 0 Å². The van der Waals surface area contributed by atoms with Crippen LogP contribution in [0, 0.1) is 5.92 Å². The molecule has 17 heavy (non-hydrogen) atoms. The lowest BCUT2D eigenvalue weighted by atomic mass is 9.88. The molecule has 3 atom stereocenters. The Morgan fingerprint density at radius 3 is 2.94 bits per heavy atom. The Bertz CT molecular complexity index is 364. The highest BCUT2D eigenvalue weighted by atomic mass is 32.1. The van der Waals surface area contributed by atoms with E-state index < -0.39 is 6.04 Å². The van der Waals surface area contributed by atoms with Crippen molar-refractivity contribution in [1.29, 1.82) is 0 Å². The lowest BCUT2D eigenvalue weighted by Gasteiger charge is -2.29. The quantitative estimate of drug-likeness (QED) is 0.843. The second-order valence-electron chi connectivity index (χ2n) is 4.73. The van der Waals surface area contributed by atoms with Gasteiger partial charge in [-0.25, -0.2) is 4.79 Å². The molecule has 1 aliphatic carbocycles. The maximum Gasteiger partial charge on any atom is 0.328 e. The Balaban J connectivity index is 1.92. The molecule has 0 bridgehead atoms. The molecule has 94 valence electrons. The van der Waals surface area contributed by atoms with E-state index in [0.29, 0.717) is 5.92 Å². The van der Waals surface area contributed by atoms with Gasteiger partial charge in [0.2, 0.25) is 0 Å². The lowest BCUT2D eigenvalue weighted by Crippen LogP contribution is -2.32. The van der Waals surface area contributed by atoms with Gasteiger partial charge in [-0.1, -0.05) is 19.4 Å². The van der Waals surface area contributed by atoms with Gasteiger partial charge >= 0.3 is 5.97 Å². The molecule has 0 saturated heterocycles. The maximum absolute atomic E-state index is 11.9. The summed E-state index contributed by atoms with van der Waals surface area (Å²) in [7, 11) is 0. The van der Waals surface area contributed by atoms with Crippen molar-refractivity contribution in [3.63, 3.8) is 0 Å². The van der Waals surface area contributed by atoms with Gasteiger partial charge in [-0.05, 0) is 36.6 Å². The highest BCUT2D eigenvalue weighted by molar-refractivity contribution is 7.10. The summed E-state index contributed by atoms with van der Waals surface area (Å²) in [5, 5.41) is 1.92. The molecule has 0 aliphatic heterocycles. The fraction of sp³-hybridized carbons (Fsp3) is 0.615. The summed E-state index contributed by atoms with van der Waals surface area (Å²) in [6, 6.07) is 3.15. The summed E-state index contributed by atoms with van der Waals surface area (Å²) in [6.45, 7) is 2.15. The van der Waals surface area contributed by atoms with Crippen LogP contribution < -0.4 is 5.73 Å². The molecular formula is C13H19NO2S. The SMILES string of the molecule is CC1CCCCC1OC(=O)C(N)c1cccs1. The van der Waals surface area contributed by atoms with Crippen molar-refractivity contribution in [2.45, 2.75) is 44.8 Å². The first kappa shape index (κ1) is 12.6. The third-order valence-corrected chi connectivity index (χ3v) is 4.36. The smallest absolute Gasteiger partial charge is 0.328 e. The first-order chi connectivity index (χ1) is 8.18. The molecule has 1 aromatic rings. The van der Waals surface area contributed by atoms with E-state index in [-0.39, 0.29) is 12.1 Å². The van der Waals surface area contributed by atoms with Crippen LogP contribution in [0.3, 0.4) is 0 Å². The molecule has 1 fully saturated rings. The number of hydrogen-bond acceptors (Lipinski definition) is 4. The van der Waals surface area contributed by atoms with Gasteiger partial charge < -0.3 is 10.5 Å². The van der Waals surface area contributed by atoms with Gasteiger partial charge in [0.15, 0.2) is 0 Å². The molecule has 1 aliphatic rings. The predicted molar refractivity (Wildman–Crippen MR) is 68.8 cm³/mol. The Labute approximate surface area is 106 Å². The number of carbonyl (C=O) groups excluding carboxylic acids is 1. The number of thiophene rings is 1. The average molecular weight is 253 g/mol. The first-order valence-electron chi connectivity index (χ1n) is 6.18. The van der Waals surface area contributed by atoms with Crippen molar-refractivity contribution >= 4 is 17.3 Å². The van der Waals surface area contributed by atoms with Crippen LogP contribution in [0.4, 0.5) is 0 Å². The van der Waals surface area contributed by atoms with Crippen LogP contribution in [0.5, 0.6) is 0 Å². The van der Waals surface area contributed by atoms with Gasteiger partial charge in [0.25, 0.3) is 0 Å². The Kier molecular flexibility index (Phi) is 4.18. The molecule has 3 unspecified atom stereocenters. The third-order valence-electron chi connectivity index (χ3n) is 3.40. The number of ether oxygens (including phenoxy) is 1. The molecule has 2 rings (SSSR count). The molecule has 4 heteroatoms. The van der Waals surface area contributed by atoms with E-state index in [0.717, 1.165) is 24.1 Å². The monoisotopic (exact) mass is 253 g/mol. The topological polar surface area (TPSA) is 52.3 Å². The van der Waals surface area contributed by atoms with Crippen LogP contribution in [0.15, 0.2) is 17.5 Å². The fourth-order valence-electron chi connectivity index (χ4n) is 2.26. The minimum absolute atomic E-state index is 0.0577. The van der Waals surface area contributed by atoms with Crippen LogP contribution in [0.2, 0.25) is 0 Å². The van der Waals surface area contributed by atoms with Gasteiger partial charge in [-0.2, -0.15) is 0 Å². The maximum atomic E-state index is 11.9. The van der Waals surface area contributed by atoms with E-state index in [1.54, 1.807) is 0 Å². The summed E-state index contributed by atoms with van der Waals surface area (Å²) < 4.78 is 5.53. The van der Waals surface area contributed by atoms with E-state index in [4.69, 9.17) is 10.5 Å². The van der Waals surface area contributed by atoms with Gasteiger partial charge in [0, 0.05) is 4.88 Å². The molecule has 0 aromatic carbocycles. The second kappa shape index (κ2) is 5.65. The van der Waals surface area contributed by atoms with Crippen molar-refractivity contribution in [3.8, 4) is 0 Å². The van der Waals surface area contributed by atoms with Gasteiger partial charge in [-0.3, -0.25) is 0 Å². The lowest BCUT2D eigenvalue weighted by molar-refractivity contribution is -0.154. The summed E-state index contributed by atoms with van der Waals surface area (Å²) in [5.74, 6) is 0.175. The molecule has 0 radical (unpaired) electrons. The number of esters is 1. The molecule has 1 saturated carbocycles. The number of hydrogen-bond donors (Lipinski definition) is 1. The van der Waals surface area contributed by atoms with Crippen LogP contribution in [-0.2, 0) is 9.53 Å². The molecule has 3 nitrogen and oxygen atoms in total. The minimum atomic E-state index is -0.621. The Hall–Kier alpha value is -0.870. The second-order valence-corrected chi connectivity index (χ2v) is 5.71. The van der Waals surface area contributed by atoms with Gasteiger partial charge in [0.05, 0.1) is 0 Å². The number of carbonyl (C=O) groups is 1. The molecule has 0 amide bonds. The van der Waals surface area contributed by atoms with E-state index >= 15 is 0 Å². The zero-order chi connectivity index (χ0) is 12.3. The molecule has 1 heterocycles. The summed E-state index contributed by atoms with van der Waals surface area (Å²) in [4.78, 5) is 12.8. The number of rotatable bonds is 3. The third kappa shape index (κ3) is 3.07. The van der Waals surface area contributed by atoms with Crippen molar-refractivity contribution in [2.75, 3.05) is 0 Å². The summed E-state index contributed by atoms with van der Waals surface area (Å²) >= 11 is 1.50. The molecular weight excluding hydrogens is 234 g/mol. The normalized spacial score (nSPS) is 26.5. The van der Waals surface area contributed by atoms with Crippen molar-refractivity contribution < 1.29 is 9.53 Å². The van der Waals surface area contributed by atoms with E-state index in [1.165, 1.54) is 17.8 Å². The van der Waals surface area contributed by atoms with Gasteiger partial charge in [0.1, 0.15) is 12.1 Å². The zero-order valence-corrected chi connectivity index (χ0v) is 10.9. The average Bonchev–Trinajstić information content (AvgIpc) is 2.84. The van der Waals surface area contributed by atoms with Crippen LogP contribution >= 0.6 is 11.3 Å². The molecule has 0 spiro atoms. The fourth-order valence-corrected chi connectivity index (χ4v) is 2.98. The van der Waals surface area contributed by atoms with Gasteiger partial charge in [-0.15, -0.1) is 11.3 Å². The Morgan fingerprint density at radius 2 is 2.29 bits per heavy atom. The minimum Gasteiger partial charge on any atom is -0.461 e. The number of nitrogens with two attached hydrogens (primary N) is 1. The van der Waals surface area contributed by atoms with Crippen LogP contribution in [-0.4, -0.2) is 12.1 Å². The summed E-state index contributed by atoms with van der Waals surface area (Å²) in [5.41, 5.74) is 5.88. The highest BCUT2D eigenvalue weighted by Crippen LogP contribution is 2.28. The van der Waals surface area contributed by atoms with E-state index in [9.17, 15) is 4.79 Å². The zero-order valence-electron chi connectivity index (χ0n) is 10.1. The van der Waals surface area contributed by atoms with E-state index in [1.807, 2.05) is 17.5 Å². The molecule has 2 N–H and O–H groups in total. The van der Waals surface area contributed by atoms with Crippen molar-refractivity contribution in [2.24, 2.45) is 11.7 Å². The largest absolute Gasteiger partial charge is 0.461 e. The Morgan fingerprint density at radius 1 is 1.53 bits per heavy atom. The predicted octanol–water partition coefficient (Wildman–Crippen LogP) is 2.87. The van der Waals surface area contributed by atoms with Crippen molar-refractivity contribution in [1.82, 2.24) is 0 Å².